The van der Waals surface area contributed by atoms with Crippen molar-refractivity contribution in [1.82, 2.24) is 10.2 Å². The standard InChI is InChI=1S/C16H14N4O2S3/c1-10-4-2-5-11(8-10)17-13(21)9-24-16-20-19-15(25-16)18-14(22)12-6-3-7-23-12/h2-8H,9H2,1H3,(H,17,21)(H,18,19,22). The topological polar surface area (TPSA) is 84.0 Å². The Labute approximate surface area is 156 Å². The van der Waals surface area contributed by atoms with E-state index in [9.17, 15) is 9.59 Å². The molecule has 3 rings (SSSR count). The minimum Gasteiger partial charge on any atom is -0.325 e. The van der Waals surface area contributed by atoms with Gasteiger partial charge in [-0.3, -0.25) is 14.9 Å². The van der Waals surface area contributed by atoms with Gasteiger partial charge in [0.05, 0.1) is 10.6 Å². The van der Waals surface area contributed by atoms with Crippen molar-refractivity contribution in [2.45, 2.75) is 11.3 Å². The fourth-order valence-corrected chi connectivity index (χ4v) is 4.10. The van der Waals surface area contributed by atoms with Crippen LogP contribution in [0.4, 0.5) is 10.8 Å². The van der Waals surface area contributed by atoms with E-state index >= 15 is 0 Å². The highest BCUT2D eigenvalue weighted by atomic mass is 32.2. The molecule has 0 saturated carbocycles. The molecule has 0 bridgehead atoms. The summed E-state index contributed by atoms with van der Waals surface area (Å²) in [4.78, 5) is 24.6. The zero-order valence-corrected chi connectivity index (χ0v) is 15.6. The van der Waals surface area contributed by atoms with E-state index in [-0.39, 0.29) is 17.6 Å². The highest BCUT2D eigenvalue weighted by molar-refractivity contribution is 8.01. The smallest absolute Gasteiger partial charge is 0.267 e. The van der Waals surface area contributed by atoms with Crippen molar-refractivity contribution < 1.29 is 9.59 Å². The van der Waals surface area contributed by atoms with Gasteiger partial charge in [0.25, 0.3) is 5.91 Å². The van der Waals surface area contributed by atoms with Gasteiger partial charge in [-0.1, -0.05) is 41.3 Å². The van der Waals surface area contributed by atoms with Crippen molar-refractivity contribution in [2.24, 2.45) is 0 Å². The Kier molecular flexibility index (Phi) is 5.79. The Bertz CT molecular complexity index is 877. The van der Waals surface area contributed by atoms with Crippen LogP contribution in [0.15, 0.2) is 46.1 Å². The number of nitrogens with one attached hydrogen (secondary N) is 2. The molecule has 2 heterocycles. The van der Waals surface area contributed by atoms with E-state index in [0.29, 0.717) is 14.3 Å². The van der Waals surface area contributed by atoms with Gasteiger partial charge < -0.3 is 5.32 Å². The van der Waals surface area contributed by atoms with Crippen molar-refractivity contribution in [3.8, 4) is 0 Å². The predicted molar refractivity (Wildman–Crippen MR) is 103 cm³/mol. The van der Waals surface area contributed by atoms with Crippen molar-refractivity contribution in [1.29, 1.82) is 0 Å². The third kappa shape index (κ3) is 5.12. The number of carbonyl (C=O) groups is 2. The van der Waals surface area contributed by atoms with Crippen LogP contribution in [-0.4, -0.2) is 27.8 Å². The summed E-state index contributed by atoms with van der Waals surface area (Å²) in [5.41, 5.74) is 1.85. The Hall–Kier alpha value is -2.23. The minimum atomic E-state index is -0.208. The van der Waals surface area contributed by atoms with Gasteiger partial charge in [-0.2, -0.15) is 0 Å². The molecule has 0 saturated heterocycles. The molecule has 2 amide bonds. The van der Waals surface area contributed by atoms with Crippen LogP contribution in [0.2, 0.25) is 0 Å². The summed E-state index contributed by atoms with van der Waals surface area (Å²) in [7, 11) is 0. The first-order chi connectivity index (χ1) is 12.1. The van der Waals surface area contributed by atoms with Crippen LogP contribution in [0.3, 0.4) is 0 Å². The average molecular weight is 391 g/mol. The monoisotopic (exact) mass is 390 g/mol. The first kappa shape index (κ1) is 17.6. The number of nitrogens with zero attached hydrogens (tertiary/aromatic N) is 2. The first-order valence-corrected chi connectivity index (χ1v) is 9.96. The van der Waals surface area contributed by atoms with Crippen LogP contribution >= 0.6 is 34.4 Å². The van der Waals surface area contributed by atoms with Gasteiger partial charge in [0.15, 0.2) is 4.34 Å². The fraction of sp³-hybridized carbons (Fsp3) is 0.125. The summed E-state index contributed by atoms with van der Waals surface area (Å²) in [6, 6.07) is 11.2. The first-order valence-electron chi connectivity index (χ1n) is 7.28. The number of benzene rings is 1. The van der Waals surface area contributed by atoms with Gasteiger partial charge >= 0.3 is 0 Å². The molecule has 0 unspecified atom stereocenters. The van der Waals surface area contributed by atoms with Crippen LogP contribution < -0.4 is 10.6 Å². The number of hydrogen-bond donors (Lipinski definition) is 2. The molecule has 25 heavy (non-hydrogen) atoms. The van der Waals surface area contributed by atoms with Crippen molar-refractivity contribution in [3.05, 3.63) is 52.2 Å². The molecule has 128 valence electrons. The Morgan fingerprint density at radius 3 is 2.80 bits per heavy atom. The maximum Gasteiger partial charge on any atom is 0.267 e. The highest BCUT2D eigenvalue weighted by Gasteiger charge is 2.12. The quantitative estimate of drug-likeness (QED) is 0.493. The SMILES string of the molecule is Cc1cccc(NC(=O)CSc2nnc(NC(=O)c3cccs3)s2)c1. The number of anilines is 2. The molecular formula is C16H14N4O2S3. The average Bonchev–Trinajstić information content (AvgIpc) is 3.25. The number of amides is 2. The normalized spacial score (nSPS) is 10.4. The van der Waals surface area contributed by atoms with E-state index in [4.69, 9.17) is 0 Å². The summed E-state index contributed by atoms with van der Waals surface area (Å²) in [5.74, 6) is -0.101. The number of thioether (sulfide) groups is 1. The summed E-state index contributed by atoms with van der Waals surface area (Å²) in [6.45, 7) is 1.97. The fourth-order valence-electron chi connectivity index (χ4n) is 1.93. The van der Waals surface area contributed by atoms with E-state index in [2.05, 4.69) is 20.8 Å². The van der Waals surface area contributed by atoms with E-state index < -0.39 is 0 Å². The lowest BCUT2D eigenvalue weighted by Crippen LogP contribution is -2.13. The van der Waals surface area contributed by atoms with E-state index in [1.54, 1.807) is 6.07 Å². The van der Waals surface area contributed by atoms with Crippen LogP contribution in [0.5, 0.6) is 0 Å². The minimum absolute atomic E-state index is 0.116. The van der Waals surface area contributed by atoms with E-state index in [1.165, 1.54) is 34.4 Å². The zero-order chi connectivity index (χ0) is 17.6. The predicted octanol–water partition coefficient (Wildman–Crippen LogP) is 3.89. The summed E-state index contributed by atoms with van der Waals surface area (Å²) >= 11 is 3.88. The van der Waals surface area contributed by atoms with Gasteiger partial charge in [0.1, 0.15) is 0 Å². The molecule has 0 aliphatic carbocycles. The number of rotatable bonds is 6. The Balaban J connectivity index is 1.50. The largest absolute Gasteiger partial charge is 0.325 e. The van der Waals surface area contributed by atoms with E-state index in [1.807, 2.05) is 42.6 Å². The molecule has 0 radical (unpaired) electrons. The number of thiophene rings is 1. The van der Waals surface area contributed by atoms with Crippen LogP contribution in [-0.2, 0) is 4.79 Å². The summed E-state index contributed by atoms with van der Waals surface area (Å²) in [5, 5.41) is 15.7. The lowest BCUT2D eigenvalue weighted by atomic mass is 10.2. The lowest BCUT2D eigenvalue weighted by molar-refractivity contribution is -0.113. The van der Waals surface area contributed by atoms with Gasteiger partial charge in [-0.15, -0.1) is 21.5 Å². The Morgan fingerprint density at radius 1 is 1.16 bits per heavy atom. The van der Waals surface area contributed by atoms with Crippen LogP contribution in [0.25, 0.3) is 0 Å². The number of aryl methyl sites for hydroxylation is 1. The van der Waals surface area contributed by atoms with Crippen LogP contribution in [0, 0.1) is 6.92 Å². The molecule has 2 aromatic heterocycles. The van der Waals surface area contributed by atoms with Crippen molar-refractivity contribution in [2.75, 3.05) is 16.4 Å². The van der Waals surface area contributed by atoms with Gasteiger partial charge in [-0.25, -0.2) is 0 Å². The number of aromatic nitrogens is 2. The second-order valence-corrected chi connectivity index (χ2v) is 8.16. The third-order valence-electron chi connectivity index (χ3n) is 3.00. The summed E-state index contributed by atoms with van der Waals surface area (Å²) < 4.78 is 0.626. The molecule has 0 aliphatic heterocycles. The lowest BCUT2D eigenvalue weighted by Gasteiger charge is -2.04. The molecule has 9 heteroatoms. The molecule has 0 fully saturated rings. The van der Waals surface area contributed by atoms with Gasteiger partial charge in [-0.05, 0) is 36.1 Å². The molecule has 1 aromatic carbocycles. The molecule has 3 aromatic rings. The molecule has 0 atom stereocenters. The van der Waals surface area contributed by atoms with Crippen LogP contribution in [0.1, 0.15) is 15.2 Å². The Morgan fingerprint density at radius 2 is 2.04 bits per heavy atom. The van der Waals surface area contributed by atoms with Gasteiger partial charge in [0.2, 0.25) is 11.0 Å². The van der Waals surface area contributed by atoms with Gasteiger partial charge in [0, 0.05) is 5.69 Å². The molecule has 0 aliphatic rings. The molecular weight excluding hydrogens is 376 g/mol. The third-order valence-corrected chi connectivity index (χ3v) is 5.84. The maximum atomic E-state index is 12.0. The van der Waals surface area contributed by atoms with Crippen molar-refractivity contribution in [3.63, 3.8) is 0 Å². The second kappa shape index (κ2) is 8.24. The highest BCUT2D eigenvalue weighted by Crippen LogP contribution is 2.26. The molecule has 2 N–H and O–H groups in total. The summed E-state index contributed by atoms with van der Waals surface area (Å²) in [6.07, 6.45) is 0. The van der Waals surface area contributed by atoms with E-state index in [0.717, 1.165) is 11.3 Å². The van der Waals surface area contributed by atoms with Crippen molar-refractivity contribution >= 4 is 57.1 Å². The number of hydrogen-bond acceptors (Lipinski definition) is 7. The molecule has 6 nitrogen and oxygen atoms in total. The molecule has 0 spiro atoms. The maximum absolute atomic E-state index is 12.0. The zero-order valence-electron chi connectivity index (χ0n) is 13.2. The number of carbonyl (C=O) groups excluding carboxylic acids is 2. The second-order valence-electron chi connectivity index (χ2n) is 5.01.